The van der Waals surface area contributed by atoms with Crippen LogP contribution in [0, 0.1) is 0 Å². The van der Waals surface area contributed by atoms with E-state index in [4.69, 9.17) is 0 Å². The van der Waals surface area contributed by atoms with Crippen molar-refractivity contribution < 1.29 is 17.1 Å². The highest BCUT2D eigenvalue weighted by Gasteiger charge is 2.38. The molecule has 0 bridgehead atoms. The molecule has 1 saturated heterocycles. The number of aryl methyl sites for hydroxylation is 2. The van der Waals surface area contributed by atoms with Crippen molar-refractivity contribution in [3.8, 4) is 0 Å². The van der Waals surface area contributed by atoms with Crippen LogP contribution in [0.1, 0.15) is 34.8 Å². The lowest BCUT2D eigenvalue weighted by Gasteiger charge is -2.13. The molecule has 1 aromatic heterocycles. The van der Waals surface area contributed by atoms with Crippen LogP contribution < -0.4 is 0 Å². The van der Waals surface area contributed by atoms with E-state index in [1.807, 2.05) is 0 Å². The second-order valence-corrected chi connectivity index (χ2v) is 8.05. The maximum Gasteiger partial charge on any atom is 0.307 e. The third-order valence-electron chi connectivity index (χ3n) is 3.79. The molecule has 0 saturated carbocycles. The lowest BCUT2D eigenvalue weighted by Crippen LogP contribution is -2.26. The van der Waals surface area contributed by atoms with Gasteiger partial charge in [-0.1, -0.05) is 0 Å². The van der Waals surface area contributed by atoms with Crippen LogP contribution in [0.5, 0.6) is 0 Å². The van der Waals surface area contributed by atoms with E-state index >= 15 is 0 Å². The van der Waals surface area contributed by atoms with Crippen LogP contribution >= 0.6 is 11.3 Å². The number of hydrogen-bond acceptors (Lipinski definition) is 5. The van der Waals surface area contributed by atoms with Crippen molar-refractivity contribution in [3.63, 3.8) is 0 Å². The topological polar surface area (TPSA) is 67.3 Å². The van der Waals surface area contributed by atoms with Crippen LogP contribution in [-0.2, 0) is 34.4 Å². The Kier molecular flexibility index (Phi) is 3.53. The molecule has 20 heavy (non-hydrogen) atoms. The molecule has 2 heterocycles. The second-order valence-electron chi connectivity index (χ2n) is 5.26. The van der Waals surface area contributed by atoms with Gasteiger partial charge in [0.05, 0.1) is 12.2 Å². The van der Waals surface area contributed by atoms with Crippen LogP contribution in [-0.4, -0.2) is 36.0 Å². The first-order chi connectivity index (χ1) is 9.43. The van der Waals surface area contributed by atoms with Crippen LogP contribution in [0.2, 0.25) is 0 Å². The average Bonchev–Trinajstić information content (AvgIpc) is 2.93. The van der Waals surface area contributed by atoms with Gasteiger partial charge in [-0.05, 0) is 25.7 Å². The van der Waals surface area contributed by atoms with Crippen LogP contribution in [0.15, 0.2) is 0 Å². The molecule has 0 aromatic carbocycles. The summed E-state index contributed by atoms with van der Waals surface area (Å²) in [5.41, 5.74) is 1.11. The number of fused-ring (bicyclic) bond motifs is 1. The number of hydrogen-bond donors (Lipinski definition) is 0. The van der Waals surface area contributed by atoms with E-state index in [2.05, 4.69) is 4.98 Å². The van der Waals surface area contributed by atoms with E-state index in [1.54, 1.807) is 11.3 Å². The standard InChI is InChI=1S/C12H15FN2O3S2/c13-20(17,18)8-5-12(16)15(6-8)7-11-14-9-3-1-2-4-10(9)19-11/h8H,1-7H2. The maximum absolute atomic E-state index is 12.9. The van der Waals surface area contributed by atoms with Crippen LogP contribution in [0.3, 0.4) is 0 Å². The Morgan fingerprint density at radius 3 is 2.75 bits per heavy atom. The summed E-state index contributed by atoms with van der Waals surface area (Å²) in [6.45, 7) is 0.227. The number of rotatable bonds is 3. The highest BCUT2D eigenvalue weighted by Crippen LogP contribution is 2.29. The average molecular weight is 318 g/mol. The molecule has 110 valence electrons. The minimum absolute atomic E-state index is 0.0675. The van der Waals surface area contributed by atoms with Crippen molar-refractivity contribution in [1.29, 1.82) is 0 Å². The van der Waals surface area contributed by atoms with Gasteiger partial charge < -0.3 is 4.90 Å². The maximum atomic E-state index is 12.9. The molecule has 1 aromatic rings. The van der Waals surface area contributed by atoms with Gasteiger partial charge in [0.1, 0.15) is 10.3 Å². The zero-order valence-corrected chi connectivity index (χ0v) is 12.5. The summed E-state index contributed by atoms with van der Waals surface area (Å²) < 4.78 is 34.7. The number of likely N-dealkylation sites (tertiary alicyclic amines) is 1. The molecule has 5 nitrogen and oxygen atoms in total. The monoisotopic (exact) mass is 318 g/mol. The van der Waals surface area contributed by atoms with Gasteiger partial charge in [-0.15, -0.1) is 15.2 Å². The summed E-state index contributed by atoms with van der Waals surface area (Å²) >= 11 is 1.58. The molecule has 3 rings (SSSR count). The molecule has 1 unspecified atom stereocenters. The quantitative estimate of drug-likeness (QED) is 0.791. The first-order valence-electron chi connectivity index (χ1n) is 6.62. The van der Waals surface area contributed by atoms with Gasteiger partial charge in [-0.3, -0.25) is 4.79 Å². The lowest BCUT2D eigenvalue weighted by atomic mass is 10.0. The largest absolute Gasteiger partial charge is 0.334 e. The zero-order chi connectivity index (χ0) is 14.3. The summed E-state index contributed by atoms with van der Waals surface area (Å²) in [5, 5.41) is -0.397. The minimum Gasteiger partial charge on any atom is -0.334 e. The van der Waals surface area contributed by atoms with Crippen LogP contribution in [0.4, 0.5) is 3.89 Å². The van der Waals surface area contributed by atoms with Crippen molar-refractivity contribution in [1.82, 2.24) is 9.88 Å². The summed E-state index contributed by atoms with van der Waals surface area (Å²) in [7, 11) is -4.64. The van der Waals surface area contributed by atoms with E-state index in [0.29, 0.717) is 6.54 Å². The Morgan fingerprint density at radius 2 is 2.10 bits per heavy atom. The molecule has 1 aliphatic carbocycles. The third-order valence-corrected chi connectivity index (χ3v) is 6.05. The van der Waals surface area contributed by atoms with Crippen molar-refractivity contribution >= 4 is 27.5 Å². The number of amides is 1. The summed E-state index contributed by atoms with van der Waals surface area (Å²) in [6.07, 6.45) is 4.05. The molecule has 1 atom stereocenters. The second kappa shape index (κ2) is 5.07. The number of carbonyl (C=O) groups is 1. The highest BCUT2D eigenvalue weighted by molar-refractivity contribution is 7.87. The molecule has 1 fully saturated rings. The molecule has 0 spiro atoms. The Balaban J connectivity index is 1.72. The predicted molar refractivity (Wildman–Crippen MR) is 72.6 cm³/mol. The minimum atomic E-state index is -4.64. The Labute approximate surface area is 121 Å². The number of thiazole rings is 1. The van der Waals surface area contributed by atoms with E-state index < -0.39 is 15.5 Å². The molecular weight excluding hydrogens is 303 g/mol. The van der Waals surface area contributed by atoms with Gasteiger partial charge in [0.25, 0.3) is 0 Å². The fourth-order valence-corrected chi connectivity index (χ4v) is 4.59. The molecule has 0 N–H and O–H groups in total. The number of aromatic nitrogens is 1. The van der Waals surface area contributed by atoms with Gasteiger partial charge in [-0.25, -0.2) is 4.98 Å². The zero-order valence-electron chi connectivity index (χ0n) is 10.8. The summed E-state index contributed by atoms with van der Waals surface area (Å²) in [4.78, 5) is 18.9. The Morgan fingerprint density at radius 1 is 1.35 bits per heavy atom. The van der Waals surface area contributed by atoms with E-state index in [9.17, 15) is 17.1 Å². The first-order valence-corrected chi connectivity index (χ1v) is 8.88. The highest BCUT2D eigenvalue weighted by atomic mass is 32.3. The summed E-state index contributed by atoms with van der Waals surface area (Å²) in [5.74, 6) is -0.315. The Hall–Kier alpha value is -1.02. The summed E-state index contributed by atoms with van der Waals surface area (Å²) in [6, 6.07) is 0. The molecule has 0 radical (unpaired) electrons. The third kappa shape index (κ3) is 2.71. The van der Waals surface area contributed by atoms with Crippen molar-refractivity contribution in [2.24, 2.45) is 0 Å². The van der Waals surface area contributed by atoms with Gasteiger partial charge >= 0.3 is 10.2 Å². The number of halogens is 1. The SMILES string of the molecule is O=C1CC(S(=O)(=O)F)CN1Cc1nc2c(s1)CCCC2. The molecule has 1 aliphatic heterocycles. The first kappa shape index (κ1) is 13.9. The predicted octanol–water partition coefficient (Wildman–Crippen LogP) is 1.42. The van der Waals surface area contributed by atoms with Gasteiger partial charge in [0.2, 0.25) is 5.91 Å². The van der Waals surface area contributed by atoms with Gasteiger partial charge in [-0.2, -0.15) is 8.42 Å². The Bertz CT molecular complexity index is 618. The number of carbonyl (C=O) groups excluding carboxylic acids is 1. The van der Waals surface area contributed by atoms with E-state index in [1.165, 1.54) is 16.2 Å². The molecular formula is C12H15FN2O3S2. The van der Waals surface area contributed by atoms with Gasteiger partial charge in [0, 0.05) is 17.8 Å². The fourth-order valence-electron chi connectivity index (χ4n) is 2.71. The van der Waals surface area contributed by atoms with Crippen molar-refractivity contribution in [3.05, 3.63) is 15.6 Å². The normalized spacial score (nSPS) is 23.1. The van der Waals surface area contributed by atoms with Crippen LogP contribution in [0.25, 0.3) is 0 Å². The molecule has 8 heteroatoms. The fraction of sp³-hybridized carbons (Fsp3) is 0.667. The van der Waals surface area contributed by atoms with Gasteiger partial charge in [0.15, 0.2) is 0 Å². The number of nitrogens with zero attached hydrogens (tertiary/aromatic N) is 2. The van der Waals surface area contributed by atoms with Crippen molar-refractivity contribution in [2.75, 3.05) is 6.54 Å². The smallest absolute Gasteiger partial charge is 0.307 e. The lowest BCUT2D eigenvalue weighted by molar-refractivity contribution is -0.128. The molecule has 1 amide bonds. The van der Waals surface area contributed by atoms with E-state index in [0.717, 1.165) is 30.0 Å². The van der Waals surface area contributed by atoms with E-state index in [-0.39, 0.29) is 18.9 Å². The van der Waals surface area contributed by atoms with Crippen molar-refractivity contribution in [2.45, 2.75) is 43.9 Å². The molecule has 2 aliphatic rings.